The SMILES string of the molecule is CN1CCN(c2cc(-c3cnc4c(n3)CCCC4)nc(N)n2)CC1. The number of hydrogen-bond donors (Lipinski definition) is 1. The van der Waals surface area contributed by atoms with E-state index < -0.39 is 0 Å². The standard InChI is InChI=1S/C17H23N7/c1-23-6-8-24(9-7-23)16-10-14(21-17(18)22-16)15-11-19-12-4-2-3-5-13(12)20-15/h10-11H,2-9H2,1H3,(H2,18,21,22). The number of nitrogens with zero attached hydrogens (tertiary/aromatic N) is 6. The van der Waals surface area contributed by atoms with Gasteiger partial charge in [0.1, 0.15) is 11.5 Å². The number of fused-ring (bicyclic) bond motifs is 1. The lowest BCUT2D eigenvalue weighted by molar-refractivity contribution is 0.312. The lowest BCUT2D eigenvalue weighted by Crippen LogP contribution is -2.44. The van der Waals surface area contributed by atoms with Crippen molar-refractivity contribution in [3.8, 4) is 11.4 Å². The zero-order chi connectivity index (χ0) is 16.5. The van der Waals surface area contributed by atoms with E-state index in [1.54, 1.807) is 0 Å². The second kappa shape index (κ2) is 6.32. The molecule has 1 saturated heterocycles. The molecule has 7 nitrogen and oxygen atoms in total. The Morgan fingerprint density at radius 3 is 2.46 bits per heavy atom. The van der Waals surface area contributed by atoms with Crippen molar-refractivity contribution in [2.75, 3.05) is 43.9 Å². The minimum absolute atomic E-state index is 0.293. The minimum atomic E-state index is 0.293. The summed E-state index contributed by atoms with van der Waals surface area (Å²) in [6.45, 7) is 3.94. The summed E-state index contributed by atoms with van der Waals surface area (Å²) in [6.07, 6.45) is 6.24. The van der Waals surface area contributed by atoms with Crippen LogP contribution in [0.1, 0.15) is 24.2 Å². The lowest BCUT2D eigenvalue weighted by atomic mass is 10.0. The van der Waals surface area contributed by atoms with Gasteiger partial charge in [0.15, 0.2) is 0 Å². The van der Waals surface area contributed by atoms with Gasteiger partial charge in [-0.15, -0.1) is 0 Å². The van der Waals surface area contributed by atoms with Crippen LogP contribution in [0.2, 0.25) is 0 Å². The average Bonchev–Trinajstić information content (AvgIpc) is 2.61. The molecule has 2 aromatic heterocycles. The van der Waals surface area contributed by atoms with Gasteiger partial charge in [-0.05, 0) is 32.7 Å². The molecule has 1 aliphatic carbocycles. The fourth-order valence-electron chi connectivity index (χ4n) is 3.35. The molecule has 0 saturated carbocycles. The number of aromatic nitrogens is 4. The highest BCUT2D eigenvalue weighted by Crippen LogP contribution is 2.24. The Balaban J connectivity index is 1.66. The number of rotatable bonds is 2. The van der Waals surface area contributed by atoms with Gasteiger partial charge in [-0.25, -0.2) is 9.97 Å². The fourth-order valence-corrected chi connectivity index (χ4v) is 3.35. The fraction of sp³-hybridized carbons (Fsp3) is 0.529. The molecular formula is C17H23N7. The van der Waals surface area contributed by atoms with Crippen LogP contribution in [0.3, 0.4) is 0 Å². The van der Waals surface area contributed by atoms with Crippen LogP contribution in [0.4, 0.5) is 11.8 Å². The highest BCUT2D eigenvalue weighted by atomic mass is 15.3. The highest BCUT2D eigenvalue weighted by Gasteiger charge is 2.19. The monoisotopic (exact) mass is 325 g/mol. The summed E-state index contributed by atoms with van der Waals surface area (Å²) < 4.78 is 0. The van der Waals surface area contributed by atoms with Crippen LogP contribution in [0.5, 0.6) is 0 Å². The maximum atomic E-state index is 5.96. The van der Waals surface area contributed by atoms with E-state index in [1.807, 2.05) is 12.3 Å². The first-order chi connectivity index (χ1) is 11.7. The van der Waals surface area contributed by atoms with Crippen molar-refractivity contribution in [1.82, 2.24) is 24.8 Å². The number of aryl methyl sites for hydroxylation is 2. The number of nitrogens with two attached hydrogens (primary N) is 1. The molecule has 0 aromatic carbocycles. The van der Waals surface area contributed by atoms with Crippen molar-refractivity contribution in [1.29, 1.82) is 0 Å². The smallest absolute Gasteiger partial charge is 0.222 e. The molecule has 7 heteroatoms. The molecule has 0 radical (unpaired) electrons. The van der Waals surface area contributed by atoms with Gasteiger partial charge < -0.3 is 15.5 Å². The van der Waals surface area contributed by atoms with E-state index in [2.05, 4.69) is 31.8 Å². The van der Waals surface area contributed by atoms with Crippen molar-refractivity contribution in [2.45, 2.75) is 25.7 Å². The Morgan fingerprint density at radius 2 is 1.67 bits per heavy atom. The molecule has 0 amide bonds. The van der Waals surface area contributed by atoms with Crippen molar-refractivity contribution in [3.63, 3.8) is 0 Å². The molecule has 3 heterocycles. The second-order valence-corrected chi connectivity index (χ2v) is 6.62. The molecule has 0 spiro atoms. The topological polar surface area (TPSA) is 84.1 Å². The van der Waals surface area contributed by atoms with Crippen LogP contribution in [-0.2, 0) is 12.8 Å². The number of anilines is 2. The molecule has 2 aliphatic rings. The van der Waals surface area contributed by atoms with Crippen LogP contribution in [-0.4, -0.2) is 58.1 Å². The molecule has 4 rings (SSSR count). The molecule has 1 aliphatic heterocycles. The average molecular weight is 325 g/mol. The van der Waals surface area contributed by atoms with Gasteiger partial charge in [0.25, 0.3) is 0 Å². The van der Waals surface area contributed by atoms with Gasteiger partial charge in [-0.3, -0.25) is 4.98 Å². The van der Waals surface area contributed by atoms with Crippen LogP contribution in [0, 0.1) is 0 Å². The third-order valence-electron chi connectivity index (χ3n) is 4.83. The van der Waals surface area contributed by atoms with Gasteiger partial charge >= 0.3 is 0 Å². The molecule has 126 valence electrons. The molecule has 2 aromatic rings. The molecule has 0 unspecified atom stereocenters. The van der Waals surface area contributed by atoms with E-state index in [-0.39, 0.29) is 0 Å². The molecule has 0 bridgehead atoms. The van der Waals surface area contributed by atoms with Crippen LogP contribution < -0.4 is 10.6 Å². The third kappa shape index (κ3) is 3.03. The molecule has 0 atom stereocenters. The number of likely N-dealkylation sites (N-methyl/N-ethyl adjacent to an activating group) is 1. The summed E-state index contributed by atoms with van der Waals surface area (Å²) in [5.74, 6) is 1.17. The van der Waals surface area contributed by atoms with Crippen molar-refractivity contribution in [2.24, 2.45) is 0 Å². The predicted molar refractivity (Wildman–Crippen MR) is 93.8 cm³/mol. The summed E-state index contributed by atoms with van der Waals surface area (Å²) in [7, 11) is 2.14. The zero-order valence-corrected chi connectivity index (χ0v) is 14.1. The molecule has 24 heavy (non-hydrogen) atoms. The Bertz CT molecular complexity index is 738. The normalized spacial score (nSPS) is 18.5. The Morgan fingerprint density at radius 1 is 0.917 bits per heavy atom. The van der Waals surface area contributed by atoms with Crippen LogP contribution >= 0.6 is 0 Å². The van der Waals surface area contributed by atoms with Gasteiger partial charge in [0.05, 0.1) is 23.3 Å². The number of piperazine rings is 1. The van der Waals surface area contributed by atoms with E-state index in [0.29, 0.717) is 5.95 Å². The summed E-state index contributed by atoms with van der Waals surface area (Å²) in [4.78, 5) is 22.8. The molecular weight excluding hydrogens is 302 g/mol. The Hall–Kier alpha value is -2.28. The van der Waals surface area contributed by atoms with E-state index in [0.717, 1.165) is 67.6 Å². The van der Waals surface area contributed by atoms with E-state index in [9.17, 15) is 0 Å². The van der Waals surface area contributed by atoms with Crippen molar-refractivity contribution < 1.29 is 0 Å². The van der Waals surface area contributed by atoms with Crippen LogP contribution in [0.25, 0.3) is 11.4 Å². The molecule has 1 fully saturated rings. The first-order valence-corrected chi connectivity index (χ1v) is 8.62. The van der Waals surface area contributed by atoms with E-state index >= 15 is 0 Å². The van der Waals surface area contributed by atoms with Gasteiger partial charge in [0, 0.05) is 32.2 Å². The third-order valence-corrected chi connectivity index (χ3v) is 4.83. The Kier molecular flexibility index (Phi) is 4.02. The van der Waals surface area contributed by atoms with Crippen molar-refractivity contribution in [3.05, 3.63) is 23.7 Å². The first kappa shape index (κ1) is 15.3. The maximum absolute atomic E-state index is 5.96. The summed E-state index contributed by atoms with van der Waals surface area (Å²) in [5.41, 5.74) is 9.75. The van der Waals surface area contributed by atoms with Crippen LogP contribution in [0.15, 0.2) is 12.3 Å². The largest absolute Gasteiger partial charge is 0.368 e. The molecule has 2 N–H and O–H groups in total. The zero-order valence-electron chi connectivity index (χ0n) is 14.1. The summed E-state index contributed by atoms with van der Waals surface area (Å²) in [6, 6.07) is 1.99. The highest BCUT2D eigenvalue weighted by molar-refractivity contribution is 5.61. The van der Waals surface area contributed by atoms with Gasteiger partial charge in [0.2, 0.25) is 5.95 Å². The van der Waals surface area contributed by atoms with Gasteiger partial charge in [-0.2, -0.15) is 4.98 Å². The summed E-state index contributed by atoms with van der Waals surface area (Å²) >= 11 is 0. The number of nitrogen functional groups attached to an aromatic ring is 1. The second-order valence-electron chi connectivity index (χ2n) is 6.62. The summed E-state index contributed by atoms with van der Waals surface area (Å²) in [5, 5.41) is 0. The van der Waals surface area contributed by atoms with E-state index in [1.165, 1.54) is 12.8 Å². The quantitative estimate of drug-likeness (QED) is 0.886. The van der Waals surface area contributed by atoms with Crippen molar-refractivity contribution >= 4 is 11.8 Å². The van der Waals surface area contributed by atoms with Gasteiger partial charge in [-0.1, -0.05) is 0 Å². The minimum Gasteiger partial charge on any atom is -0.368 e. The van der Waals surface area contributed by atoms with E-state index in [4.69, 9.17) is 10.7 Å². The first-order valence-electron chi connectivity index (χ1n) is 8.62. The maximum Gasteiger partial charge on any atom is 0.222 e. The Labute approximate surface area is 141 Å². The predicted octanol–water partition coefficient (Wildman–Crippen LogP) is 1.15. The number of hydrogen-bond acceptors (Lipinski definition) is 7. The lowest BCUT2D eigenvalue weighted by Gasteiger charge is -2.33.